The molecule has 0 fully saturated rings. The zero-order valence-electron chi connectivity index (χ0n) is 9.68. The van der Waals surface area contributed by atoms with Crippen molar-refractivity contribution in [3.05, 3.63) is 12.2 Å². The van der Waals surface area contributed by atoms with E-state index in [1.54, 1.807) is 0 Å². The molecule has 0 amide bonds. The molecule has 0 aliphatic carbocycles. The lowest BCUT2D eigenvalue weighted by molar-refractivity contribution is 0.496. The van der Waals surface area contributed by atoms with Gasteiger partial charge >= 0.3 is 0 Å². The fraction of sp³-hybridized carbons (Fsp3) is 0.846. The number of hydrogen-bond acceptors (Lipinski definition) is 0. The van der Waals surface area contributed by atoms with Crippen LogP contribution < -0.4 is 0 Å². The molecule has 0 aliphatic heterocycles. The maximum Gasteiger partial charge on any atom is -0.0234 e. The maximum absolute atomic E-state index is 2.44. The topological polar surface area (TPSA) is 0 Å². The zero-order valence-corrected chi connectivity index (χ0v) is 9.68. The van der Waals surface area contributed by atoms with Crippen LogP contribution in [0.1, 0.15) is 65.7 Å². The van der Waals surface area contributed by atoms with Gasteiger partial charge in [-0.1, -0.05) is 58.6 Å². The highest BCUT2D eigenvalue weighted by Gasteiger charge is 2.02. The molecular weight excluding hydrogens is 156 g/mol. The summed E-state index contributed by atoms with van der Waals surface area (Å²) in [7, 11) is 0. The Hall–Kier alpha value is -0.260. The van der Waals surface area contributed by atoms with Gasteiger partial charge in [-0.15, -0.1) is 0 Å². The van der Waals surface area contributed by atoms with Crippen molar-refractivity contribution in [1.29, 1.82) is 0 Å². The summed E-state index contributed by atoms with van der Waals surface area (Å²) in [5.41, 5.74) is 0. The molecule has 0 heteroatoms. The minimum absolute atomic E-state index is 0.861. The van der Waals surface area contributed by atoms with Crippen molar-refractivity contribution in [2.45, 2.75) is 65.7 Å². The van der Waals surface area contributed by atoms with Crippen LogP contribution in [-0.2, 0) is 0 Å². The van der Waals surface area contributed by atoms with Crippen LogP contribution in [0.3, 0.4) is 0 Å². The second-order valence-electron chi connectivity index (χ2n) is 3.88. The van der Waals surface area contributed by atoms with Crippen LogP contribution >= 0.6 is 0 Å². The monoisotopic (exact) mass is 182 g/mol. The van der Waals surface area contributed by atoms with Crippen LogP contribution in [0, 0.1) is 5.92 Å². The quantitative estimate of drug-likeness (QED) is 0.466. The molecule has 0 saturated carbocycles. The lowest BCUT2D eigenvalue weighted by Gasteiger charge is -2.11. The van der Waals surface area contributed by atoms with Crippen LogP contribution in [0.25, 0.3) is 0 Å². The highest BCUT2D eigenvalue weighted by molar-refractivity contribution is 4.87. The summed E-state index contributed by atoms with van der Waals surface area (Å²) in [4.78, 5) is 0. The van der Waals surface area contributed by atoms with Gasteiger partial charge in [-0.3, -0.25) is 0 Å². The average Bonchev–Trinajstić information content (AvgIpc) is 2.17. The van der Waals surface area contributed by atoms with E-state index in [-0.39, 0.29) is 0 Å². The second kappa shape index (κ2) is 9.83. The Balaban J connectivity index is 3.66. The predicted octanol–water partition coefficient (Wildman–Crippen LogP) is 4.95. The first-order valence-electron chi connectivity index (χ1n) is 6.01. The number of rotatable bonds is 8. The molecule has 0 radical (unpaired) electrons. The number of unbranched alkanes of at least 4 members (excludes halogenated alkanes) is 2. The number of allylic oxidation sites excluding steroid dienone is 2. The average molecular weight is 182 g/mol. The Kier molecular flexibility index (Phi) is 9.63. The minimum Gasteiger partial charge on any atom is -0.0885 e. The molecule has 78 valence electrons. The fourth-order valence-corrected chi connectivity index (χ4v) is 1.60. The van der Waals surface area contributed by atoms with Crippen molar-refractivity contribution in [3.63, 3.8) is 0 Å². The van der Waals surface area contributed by atoms with Gasteiger partial charge in [-0.2, -0.15) is 0 Å². The van der Waals surface area contributed by atoms with Gasteiger partial charge in [0.2, 0.25) is 0 Å². The van der Waals surface area contributed by atoms with Crippen molar-refractivity contribution in [1.82, 2.24) is 0 Å². The molecule has 0 heterocycles. The molecule has 0 bridgehead atoms. The summed E-state index contributed by atoms with van der Waals surface area (Å²) in [5, 5.41) is 0. The summed E-state index contributed by atoms with van der Waals surface area (Å²) in [6, 6.07) is 0. The molecule has 13 heavy (non-hydrogen) atoms. The van der Waals surface area contributed by atoms with Gasteiger partial charge in [0.25, 0.3) is 0 Å². The second-order valence-corrected chi connectivity index (χ2v) is 3.88. The zero-order chi connectivity index (χ0) is 9.94. The Morgan fingerprint density at radius 2 is 1.46 bits per heavy atom. The normalized spacial score (nSPS) is 11.7. The lowest BCUT2D eigenvalue weighted by Crippen LogP contribution is -1.96. The van der Waals surface area contributed by atoms with E-state index in [9.17, 15) is 0 Å². The van der Waals surface area contributed by atoms with Gasteiger partial charge in [-0.05, 0) is 25.2 Å². The minimum atomic E-state index is 0.861. The standard InChI is InChI=1S/C13H26/c1-4-7-10-13(11-8-5-2)12-9-6-3/h7,10,13H,4-6,8-9,11-12H2,1-3H3. The Morgan fingerprint density at radius 3 is 1.85 bits per heavy atom. The van der Waals surface area contributed by atoms with Gasteiger partial charge in [-0.25, -0.2) is 0 Å². The van der Waals surface area contributed by atoms with Crippen LogP contribution in [0.5, 0.6) is 0 Å². The molecular formula is C13H26. The SMILES string of the molecule is CCC=CC(CCCC)CCCC. The first-order valence-corrected chi connectivity index (χ1v) is 6.01. The van der Waals surface area contributed by atoms with E-state index in [2.05, 4.69) is 32.9 Å². The smallest absolute Gasteiger partial charge is 0.0234 e. The van der Waals surface area contributed by atoms with Crippen molar-refractivity contribution in [2.24, 2.45) is 5.92 Å². The Labute approximate surface area is 84.4 Å². The molecule has 0 unspecified atom stereocenters. The summed E-state index contributed by atoms with van der Waals surface area (Å²) in [6.07, 6.45) is 14.2. The van der Waals surface area contributed by atoms with E-state index in [0.717, 1.165) is 5.92 Å². The van der Waals surface area contributed by atoms with Gasteiger partial charge < -0.3 is 0 Å². The van der Waals surface area contributed by atoms with Crippen LogP contribution in [0.4, 0.5) is 0 Å². The van der Waals surface area contributed by atoms with Gasteiger partial charge in [0.05, 0.1) is 0 Å². The maximum atomic E-state index is 2.44. The van der Waals surface area contributed by atoms with E-state index in [0.29, 0.717) is 0 Å². The molecule has 0 aromatic heterocycles. The van der Waals surface area contributed by atoms with Crippen molar-refractivity contribution >= 4 is 0 Å². The largest absolute Gasteiger partial charge is 0.0885 e. The Bertz CT molecular complexity index is 105. The molecule has 0 aliphatic rings. The van der Waals surface area contributed by atoms with Crippen LogP contribution in [0.2, 0.25) is 0 Å². The lowest BCUT2D eigenvalue weighted by atomic mass is 9.95. The van der Waals surface area contributed by atoms with E-state index < -0.39 is 0 Å². The van der Waals surface area contributed by atoms with Crippen LogP contribution in [-0.4, -0.2) is 0 Å². The molecule has 0 rings (SSSR count). The highest BCUT2D eigenvalue weighted by atomic mass is 14.1. The van der Waals surface area contributed by atoms with Gasteiger partial charge in [0, 0.05) is 0 Å². The van der Waals surface area contributed by atoms with E-state index in [4.69, 9.17) is 0 Å². The third-order valence-corrected chi connectivity index (χ3v) is 2.50. The molecule has 0 aromatic rings. The summed E-state index contributed by atoms with van der Waals surface area (Å²) in [6.45, 7) is 6.77. The van der Waals surface area contributed by atoms with Crippen LogP contribution in [0.15, 0.2) is 12.2 Å². The molecule has 0 saturated heterocycles. The van der Waals surface area contributed by atoms with Crippen molar-refractivity contribution in [2.75, 3.05) is 0 Å². The molecule has 0 aromatic carbocycles. The van der Waals surface area contributed by atoms with Gasteiger partial charge in [0.1, 0.15) is 0 Å². The summed E-state index contributed by atoms with van der Waals surface area (Å²) >= 11 is 0. The third kappa shape index (κ3) is 8.08. The summed E-state index contributed by atoms with van der Waals surface area (Å²) < 4.78 is 0. The van der Waals surface area contributed by atoms with E-state index in [1.165, 1.54) is 44.9 Å². The Morgan fingerprint density at radius 1 is 0.923 bits per heavy atom. The highest BCUT2D eigenvalue weighted by Crippen LogP contribution is 2.17. The van der Waals surface area contributed by atoms with Crippen molar-refractivity contribution in [3.8, 4) is 0 Å². The summed E-state index contributed by atoms with van der Waals surface area (Å²) in [5.74, 6) is 0.861. The fourth-order valence-electron chi connectivity index (χ4n) is 1.60. The van der Waals surface area contributed by atoms with E-state index >= 15 is 0 Å². The first-order chi connectivity index (χ1) is 6.35. The molecule has 0 N–H and O–H groups in total. The first kappa shape index (κ1) is 12.7. The number of hydrogen-bond donors (Lipinski definition) is 0. The molecule has 0 atom stereocenters. The predicted molar refractivity (Wildman–Crippen MR) is 62.0 cm³/mol. The van der Waals surface area contributed by atoms with Crippen molar-refractivity contribution < 1.29 is 0 Å². The van der Waals surface area contributed by atoms with Gasteiger partial charge in [0.15, 0.2) is 0 Å². The van der Waals surface area contributed by atoms with E-state index in [1.807, 2.05) is 0 Å². The third-order valence-electron chi connectivity index (χ3n) is 2.50. The molecule has 0 nitrogen and oxygen atoms in total. The molecule has 0 spiro atoms.